The highest BCUT2D eigenvalue weighted by Gasteiger charge is 2.30. The first-order valence-electron chi connectivity index (χ1n) is 8.54. The molecule has 0 spiro atoms. The van der Waals surface area contributed by atoms with Crippen LogP contribution in [0.5, 0.6) is 5.75 Å². The largest absolute Gasteiger partial charge is 0.496 e. The number of anilines is 1. The Kier molecular flexibility index (Phi) is 4.50. The predicted molar refractivity (Wildman–Crippen MR) is 98.0 cm³/mol. The van der Waals surface area contributed by atoms with Crippen LogP contribution in [0.15, 0.2) is 59.5 Å². The van der Waals surface area contributed by atoms with Gasteiger partial charge >= 0.3 is 6.03 Å². The lowest BCUT2D eigenvalue weighted by Crippen LogP contribution is -2.31. The topological polar surface area (TPSA) is 58.8 Å². The lowest BCUT2D eigenvalue weighted by atomic mass is 10.1. The molecule has 4 rings (SSSR count). The minimum Gasteiger partial charge on any atom is -0.496 e. The van der Waals surface area contributed by atoms with Gasteiger partial charge in [-0.2, -0.15) is 0 Å². The molecule has 2 heterocycles. The normalized spacial score (nSPS) is 14.1. The number of rotatable bonds is 5. The second-order valence-electron chi connectivity index (χ2n) is 6.20. The van der Waals surface area contributed by atoms with E-state index in [0.29, 0.717) is 30.2 Å². The summed E-state index contributed by atoms with van der Waals surface area (Å²) in [6.07, 6.45) is 2.96. The van der Waals surface area contributed by atoms with Crippen LogP contribution in [-0.2, 0) is 6.54 Å². The number of urea groups is 1. The third-order valence-electron chi connectivity index (χ3n) is 4.61. The van der Waals surface area contributed by atoms with E-state index < -0.39 is 0 Å². The van der Waals surface area contributed by atoms with Crippen molar-refractivity contribution in [1.82, 2.24) is 9.88 Å². The van der Waals surface area contributed by atoms with Crippen LogP contribution in [0.4, 0.5) is 14.9 Å². The van der Waals surface area contributed by atoms with Gasteiger partial charge in [0.2, 0.25) is 0 Å². The molecule has 0 unspecified atom stereocenters. The number of carbonyl (C=O) groups excluding carboxylic acids is 1. The van der Waals surface area contributed by atoms with E-state index in [9.17, 15) is 9.18 Å². The van der Waals surface area contributed by atoms with E-state index in [1.807, 2.05) is 12.1 Å². The molecule has 0 bridgehead atoms. The lowest BCUT2D eigenvalue weighted by Gasteiger charge is -2.20. The second kappa shape index (κ2) is 7.11. The van der Waals surface area contributed by atoms with Crippen molar-refractivity contribution in [2.45, 2.75) is 6.54 Å². The molecule has 1 saturated heterocycles. The van der Waals surface area contributed by atoms with Crippen LogP contribution in [-0.4, -0.2) is 36.1 Å². The van der Waals surface area contributed by atoms with Gasteiger partial charge in [0.25, 0.3) is 0 Å². The summed E-state index contributed by atoms with van der Waals surface area (Å²) in [5, 5.41) is 0. The standard InChI is InChI=1S/C20H18FN3O3/c1-26-18-10-15(6-7-16(18)19-11-22-13-27-19)24-9-8-23(20(24)25)12-14-4-2-3-5-17(14)21/h2-7,10-11,13H,8-9,12H2,1H3. The minimum absolute atomic E-state index is 0.160. The first-order chi connectivity index (χ1) is 13.2. The molecular formula is C20H18FN3O3. The van der Waals surface area contributed by atoms with E-state index in [2.05, 4.69) is 4.98 Å². The number of hydrogen-bond acceptors (Lipinski definition) is 4. The van der Waals surface area contributed by atoms with Crippen molar-refractivity contribution in [3.8, 4) is 17.1 Å². The molecule has 6 nitrogen and oxygen atoms in total. The Hall–Kier alpha value is -3.35. The quantitative estimate of drug-likeness (QED) is 0.686. The summed E-state index contributed by atoms with van der Waals surface area (Å²) < 4.78 is 24.7. The number of aromatic nitrogens is 1. The van der Waals surface area contributed by atoms with E-state index in [1.165, 1.54) is 12.5 Å². The Bertz CT molecular complexity index is 959. The van der Waals surface area contributed by atoms with Crippen LogP contribution in [0.1, 0.15) is 5.56 Å². The van der Waals surface area contributed by atoms with Gasteiger partial charge in [-0.15, -0.1) is 0 Å². The number of halogens is 1. The van der Waals surface area contributed by atoms with Crippen molar-refractivity contribution in [2.24, 2.45) is 0 Å². The Labute approximate surface area is 155 Å². The molecule has 0 atom stereocenters. The average Bonchev–Trinajstić information content (AvgIpc) is 3.34. The number of benzene rings is 2. The summed E-state index contributed by atoms with van der Waals surface area (Å²) in [6.45, 7) is 1.30. The maximum atomic E-state index is 13.9. The van der Waals surface area contributed by atoms with Gasteiger partial charge in [-0.25, -0.2) is 14.2 Å². The Morgan fingerprint density at radius 2 is 2.07 bits per heavy atom. The van der Waals surface area contributed by atoms with E-state index in [0.717, 1.165) is 11.3 Å². The van der Waals surface area contributed by atoms with Crippen molar-refractivity contribution < 1.29 is 18.3 Å². The number of amides is 2. The summed E-state index contributed by atoms with van der Waals surface area (Å²) in [6, 6.07) is 11.8. The van der Waals surface area contributed by atoms with Crippen molar-refractivity contribution in [2.75, 3.05) is 25.1 Å². The lowest BCUT2D eigenvalue weighted by molar-refractivity contribution is 0.218. The highest BCUT2D eigenvalue weighted by Crippen LogP contribution is 2.34. The number of nitrogens with zero attached hydrogens (tertiary/aromatic N) is 3. The molecule has 3 aromatic rings. The van der Waals surface area contributed by atoms with E-state index in [4.69, 9.17) is 9.15 Å². The third-order valence-corrected chi connectivity index (χ3v) is 4.61. The summed E-state index contributed by atoms with van der Waals surface area (Å²) in [4.78, 5) is 20.0. The maximum absolute atomic E-state index is 13.9. The van der Waals surface area contributed by atoms with Gasteiger partial charge in [0, 0.05) is 30.4 Å². The molecule has 2 aromatic carbocycles. The zero-order valence-corrected chi connectivity index (χ0v) is 14.8. The molecule has 1 aliphatic rings. The van der Waals surface area contributed by atoms with Crippen LogP contribution in [0.25, 0.3) is 11.3 Å². The van der Waals surface area contributed by atoms with E-state index in [1.54, 1.807) is 47.4 Å². The summed E-state index contributed by atoms with van der Waals surface area (Å²) in [7, 11) is 1.56. The summed E-state index contributed by atoms with van der Waals surface area (Å²) in [5.74, 6) is 0.874. The number of hydrogen-bond donors (Lipinski definition) is 0. The summed E-state index contributed by atoms with van der Waals surface area (Å²) >= 11 is 0. The predicted octanol–water partition coefficient (Wildman–Crippen LogP) is 3.93. The Balaban J connectivity index is 1.56. The Morgan fingerprint density at radius 3 is 2.81 bits per heavy atom. The molecule has 7 heteroatoms. The Morgan fingerprint density at radius 1 is 1.22 bits per heavy atom. The van der Waals surface area contributed by atoms with Gasteiger partial charge in [0.15, 0.2) is 12.2 Å². The van der Waals surface area contributed by atoms with Gasteiger partial charge in [0.05, 0.1) is 25.4 Å². The van der Waals surface area contributed by atoms with Gasteiger partial charge in [-0.05, 0) is 18.2 Å². The molecule has 0 saturated carbocycles. The van der Waals surface area contributed by atoms with E-state index >= 15 is 0 Å². The number of carbonyl (C=O) groups is 1. The molecule has 138 valence electrons. The monoisotopic (exact) mass is 367 g/mol. The highest BCUT2D eigenvalue weighted by atomic mass is 19.1. The molecule has 0 aliphatic carbocycles. The zero-order valence-electron chi connectivity index (χ0n) is 14.8. The van der Waals surface area contributed by atoms with E-state index in [-0.39, 0.29) is 18.4 Å². The number of oxazole rings is 1. The SMILES string of the molecule is COc1cc(N2CCN(Cc3ccccc3F)C2=O)ccc1-c1cnco1. The van der Waals surface area contributed by atoms with Gasteiger partial charge in [-0.3, -0.25) is 4.90 Å². The summed E-state index contributed by atoms with van der Waals surface area (Å²) in [5.41, 5.74) is 1.98. The smallest absolute Gasteiger partial charge is 0.324 e. The van der Waals surface area contributed by atoms with Gasteiger partial charge < -0.3 is 14.1 Å². The molecule has 1 fully saturated rings. The number of methoxy groups -OCH3 is 1. The minimum atomic E-state index is -0.304. The van der Waals surface area contributed by atoms with Crippen LogP contribution in [0.3, 0.4) is 0 Å². The van der Waals surface area contributed by atoms with Crippen molar-refractivity contribution >= 4 is 11.7 Å². The van der Waals surface area contributed by atoms with Crippen molar-refractivity contribution in [3.63, 3.8) is 0 Å². The van der Waals surface area contributed by atoms with Gasteiger partial charge in [0.1, 0.15) is 11.6 Å². The van der Waals surface area contributed by atoms with Crippen LogP contribution in [0.2, 0.25) is 0 Å². The van der Waals surface area contributed by atoms with Crippen molar-refractivity contribution in [1.29, 1.82) is 0 Å². The zero-order chi connectivity index (χ0) is 18.8. The second-order valence-corrected chi connectivity index (χ2v) is 6.20. The average molecular weight is 367 g/mol. The van der Waals surface area contributed by atoms with Crippen LogP contribution in [0, 0.1) is 5.82 Å². The maximum Gasteiger partial charge on any atom is 0.324 e. The van der Waals surface area contributed by atoms with Crippen LogP contribution < -0.4 is 9.64 Å². The van der Waals surface area contributed by atoms with Crippen LogP contribution >= 0.6 is 0 Å². The fourth-order valence-corrected chi connectivity index (χ4v) is 3.20. The fourth-order valence-electron chi connectivity index (χ4n) is 3.20. The van der Waals surface area contributed by atoms with Gasteiger partial charge in [-0.1, -0.05) is 18.2 Å². The first-order valence-corrected chi connectivity index (χ1v) is 8.54. The number of ether oxygens (including phenoxy) is 1. The molecule has 27 heavy (non-hydrogen) atoms. The molecule has 1 aromatic heterocycles. The first kappa shape index (κ1) is 17.1. The molecular weight excluding hydrogens is 349 g/mol. The molecule has 0 N–H and O–H groups in total. The van der Waals surface area contributed by atoms with Crippen molar-refractivity contribution in [3.05, 3.63) is 66.4 Å². The highest BCUT2D eigenvalue weighted by molar-refractivity contribution is 5.94. The molecule has 1 aliphatic heterocycles. The fraction of sp³-hybridized carbons (Fsp3) is 0.200. The molecule has 0 radical (unpaired) electrons. The molecule has 2 amide bonds. The third kappa shape index (κ3) is 3.23.